The molecule has 7 heteroatoms. The molecular formula is C20H13BrClN3O2. The van der Waals surface area contributed by atoms with Crippen molar-refractivity contribution < 1.29 is 9.21 Å². The average Bonchev–Trinajstić information content (AvgIpc) is 3.05. The van der Waals surface area contributed by atoms with Gasteiger partial charge in [0.15, 0.2) is 5.76 Å². The molecule has 0 bridgehead atoms. The fourth-order valence-electron chi connectivity index (χ4n) is 2.70. The van der Waals surface area contributed by atoms with Gasteiger partial charge in [-0.2, -0.15) is 5.10 Å². The van der Waals surface area contributed by atoms with Crippen LogP contribution in [0.2, 0.25) is 5.15 Å². The summed E-state index contributed by atoms with van der Waals surface area (Å²) in [6.45, 7) is 2.00. The number of carbonyl (C=O) groups is 1. The van der Waals surface area contributed by atoms with E-state index in [-0.39, 0.29) is 5.76 Å². The molecule has 0 fully saturated rings. The van der Waals surface area contributed by atoms with E-state index in [4.69, 9.17) is 16.0 Å². The first-order chi connectivity index (χ1) is 13.0. The number of aryl methyl sites for hydroxylation is 1. The number of benzene rings is 2. The van der Waals surface area contributed by atoms with E-state index < -0.39 is 5.91 Å². The molecule has 0 atom stereocenters. The maximum atomic E-state index is 12.2. The molecule has 5 nitrogen and oxygen atoms in total. The second-order valence-corrected chi connectivity index (χ2v) is 7.33. The Kier molecular flexibility index (Phi) is 4.68. The van der Waals surface area contributed by atoms with Gasteiger partial charge in [0, 0.05) is 20.8 Å². The summed E-state index contributed by atoms with van der Waals surface area (Å²) < 4.78 is 6.45. The largest absolute Gasteiger partial charge is 0.451 e. The zero-order valence-corrected chi connectivity index (χ0v) is 16.5. The van der Waals surface area contributed by atoms with Gasteiger partial charge in [0.1, 0.15) is 10.7 Å². The SMILES string of the molecule is Cc1ccc2cc(/C=N/NC(=O)c3cc4cc(Br)ccc4o3)c(Cl)nc2c1. The summed E-state index contributed by atoms with van der Waals surface area (Å²) in [6, 6.07) is 15.0. The first-order valence-electron chi connectivity index (χ1n) is 8.09. The summed E-state index contributed by atoms with van der Waals surface area (Å²) in [5.74, 6) is -0.266. The van der Waals surface area contributed by atoms with Crippen LogP contribution in [0.5, 0.6) is 0 Å². The van der Waals surface area contributed by atoms with Crippen LogP contribution < -0.4 is 5.43 Å². The molecule has 2 aromatic carbocycles. The van der Waals surface area contributed by atoms with E-state index in [2.05, 4.69) is 31.4 Å². The van der Waals surface area contributed by atoms with Crippen LogP contribution in [-0.2, 0) is 0 Å². The van der Waals surface area contributed by atoms with Gasteiger partial charge in [-0.25, -0.2) is 10.4 Å². The minimum atomic E-state index is -0.445. The van der Waals surface area contributed by atoms with Crippen molar-refractivity contribution in [2.24, 2.45) is 5.10 Å². The van der Waals surface area contributed by atoms with Crippen molar-refractivity contribution in [3.05, 3.63) is 75.0 Å². The number of nitrogens with one attached hydrogen (secondary N) is 1. The number of hydrazone groups is 1. The highest BCUT2D eigenvalue weighted by molar-refractivity contribution is 9.10. The molecule has 1 amide bonds. The van der Waals surface area contributed by atoms with Crippen LogP contribution in [0, 0.1) is 6.92 Å². The lowest BCUT2D eigenvalue weighted by Crippen LogP contribution is -2.16. The lowest BCUT2D eigenvalue weighted by Gasteiger charge is -2.03. The van der Waals surface area contributed by atoms with Gasteiger partial charge in [-0.1, -0.05) is 39.7 Å². The quantitative estimate of drug-likeness (QED) is 0.260. The highest BCUT2D eigenvalue weighted by Gasteiger charge is 2.12. The lowest BCUT2D eigenvalue weighted by molar-refractivity contribution is 0.0929. The maximum absolute atomic E-state index is 12.2. The number of fused-ring (bicyclic) bond motifs is 2. The van der Waals surface area contributed by atoms with Gasteiger partial charge >= 0.3 is 5.91 Å². The molecule has 27 heavy (non-hydrogen) atoms. The van der Waals surface area contributed by atoms with E-state index in [1.54, 1.807) is 12.1 Å². The molecule has 0 saturated carbocycles. The fourth-order valence-corrected chi connectivity index (χ4v) is 3.28. The molecule has 1 N–H and O–H groups in total. The van der Waals surface area contributed by atoms with Crippen LogP contribution in [0.25, 0.3) is 21.9 Å². The summed E-state index contributed by atoms with van der Waals surface area (Å²) in [4.78, 5) is 16.6. The maximum Gasteiger partial charge on any atom is 0.307 e. The van der Waals surface area contributed by atoms with Crippen LogP contribution in [-0.4, -0.2) is 17.1 Å². The van der Waals surface area contributed by atoms with Crippen molar-refractivity contribution in [3.63, 3.8) is 0 Å². The third-order valence-electron chi connectivity index (χ3n) is 4.03. The summed E-state index contributed by atoms with van der Waals surface area (Å²) in [5, 5.41) is 6.07. The van der Waals surface area contributed by atoms with E-state index in [0.717, 1.165) is 26.3 Å². The van der Waals surface area contributed by atoms with Gasteiger partial charge in [0.2, 0.25) is 0 Å². The molecule has 2 heterocycles. The monoisotopic (exact) mass is 441 g/mol. The van der Waals surface area contributed by atoms with Crippen molar-refractivity contribution in [2.45, 2.75) is 6.92 Å². The summed E-state index contributed by atoms with van der Waals surface area (Å²) in [6.07, 6.45) is 1.46. The fraction of sp³-hybridized carbons (Fsp3) is 0.0500. The Balaban J connectivity index is 1.54. The Morgan fingerprint density at radius 2 is 2.04 bits per heavy atom. The van der Waals surface area contributed by atoms with Crippen molar-refractivity contribution in [3.8, 4) is 0 Å². The van der Waals surface area contributed by atoms with Crippen LogP contribution in [0.1, 0.15) is 21.7 Å². The zero-order chi connectivity index (χ0) is 19.0. The zero-order valence-electron chi connectivity index (χ0n) is 14.2. The summed E-state index contributed by atoms with van der Waals surface area (Å²) in [7, 11) is 0. The second-order valence-electron chi connectivity index (χ2n) is 6.06. The van der Waals surface area contributed by atoms with Crippen molar-refractivity contribution >= 4 is 61.5 Å². The molecule has 0 radical (unpaired) electrons. The topological polar surface area (TPSA) is 67.5 Å². The van der Waals surface area contributed by atoms with Gasteiger partial charge in [-0.15, -0.1) is 0 Å². The molecule has 0 saturated heterocycles. The van der Waals surface area contributed by atoms with E-state index in [0.29, 0.717) is 16.3 Å². The molecule has 4 rings (SSSR count). The van der Waals surface area contributed by atoms with Crippen LogP contribution in [0.15, 0.2) is 62.5 Å². The normalized spacial score (nSPS) is 11.5. The van der Waals surface area contributed by atoms with Gasteiger partial charge in [0.25, 0.3) is 0 Å². The van der Waals surface area contributed by atoms with Crippen LogP contribution >= 0.6 is 27.5 Å². The Morgan fingerprint density at radius 3 is 2.89 bits per heavy atom. The predicted molar refractivity (Wildman–Crippen MR) is 110 cm³/mol. The highest BCUT2D eigenvalue weighted by atomic mass is 79.9. The second kappa shape index (κ2) is 7.13. The lowest BCUT2D eigenvalue weighted by atomic mass is 10.1. The first-order valence-corrected chi connectivity index (χ1v) is 9.26. The molecule has 0 aliphatic rings. The standard InChI is InChI=1S/C20H13BrClN3O2/c1-11-2-3-12-7-14(19(22)24-16(12)6-11)10-23-25-20(26)18-9-13-8-15(21)4-5-17(13)27-18/h2-10H,1H3,(H,25,26)/b23-10+. The number of rotatable bonds is 3. The van der Waals surface area contributed by atoms with Gasteiger partial charge < -0.3 is 4.42 Å². The van der Waals surface area contributed by atoms with Crippen LogP contribution in [0.4, 0.5) is 0 Å². The number of aromatic nitrogens is 1. The summed E-state index contributed by atoms with van der Waals surface area (Å²) in [5.41, 5.74) is 5.61. The van der Waals surface area contributed by atoms with E-state index >= 15 is 0 Å². The van der Waals surface area contributed by atoms with Crippen LogP contribution in [0.3, 0.4) is 0 Å². The number of pyridine rings is 1. The van der Waals surface area contributed by atoms with Crippen molar-refractivity contribution in [1.29, 1.82) is 0 Å². The molecule has 0 spiro atoms. The first kappa shape index (κ1) is 17.7. The number of amides is 1. The number of hydrogen-bond donors (Lipinski definition) is 1. The minimum Gasteiger partial charge on any atom is -0.451 e. The summed E-state index contributed by atoms with van der Waals surface area (Å²) >= 11 is 9.61. The van der Waals surface area contributed by atoms with E-state index in [1.807, 2.05) is 43.3 Å². The number of carbonyl (C=O) groups excluding carboxylic acids is 1. The van der Waals surface area contributed by atoms with E-state index in [1.165, 1.54) is 6.21 Å². The molecular weight excluding hydrogens is 430 g/mol. The number of nitrogens with zero attached hydrogens (tertiary/aromatic N) is 2. The van der Waals surface area contributed by atoms with Gasteiger partial charge in [-0.05, 0) is 48.9 Å². The van der Waals surface area contributed by atoms with Crippen molar-refractivity contribution in [2.75, 3.05) is 0 Å². The number of halogens is 2. The smallest absolute Gasteiger partial charge is 0.307 e. The Bertz CT molecular complexity index is 1220. The third kappa shape index (κ3) is 3.72. The Hall–Kier alpha value is -2.70. The molecule has 134 valence electrons. The molecule has 0 aliphatic heterocycles. The predicted octanol–water partition coefficient (Wildman–Crippen LogP) is 5.47. The van der Waals surface area contributed by atoms with E-state index in [9.17, 15) is 4.79 Å². The Morgan fingerprint density at radius 1 is 1.19 bits per heavy atom. The highest BCUT2D eigenvalue weighted by Crippen LogP contribution is 2.23. The number of furan rings is 1. The molecule has 4 aromatic rings. The van der Waals surface area contributed by atoms with Crippen molar-refractivity contribution in [1.82, 2.24) is 10.4 Å². The third-order valence-corrected chi connectivity index (χ3v) is 4.82. The minimum absolute atomic E-state index is 0.179. The molecule has 0 unspecified atom stereocenters. The van der Waals surface area contributed by atoms with Gasteiger partial charge in [0.05, 0.1) is 11.7 Å². The Labute approximate surface area is 168 Å². The number of hydrogen-bond acceptors (Lipinski definition) is 4. The molecule has 2 aromatic heterocycles. The molecule has 0 aliphatic carbocycles. The van der Waals surface area contributed by atoms with Gasteiger partial charge in [-0.3, -0.25) is 4.79 Å². The average molecular weight is 443 g/mol.